The second kappa shape index (κ2) is 5.22. The van der Waals surface area contributed by atoms with Crippen molar-refractivity contribution in [2.24, 2.45) is 0 Å². The Morgan fingerprint density at radius 3 is 2.81 bits per heavy atom. The van der Waals surface area contributed by atoms with Crippen molar-refractivity contribution in [3.63, 3.8) is 0 Å². The quantitative estimate of drug-likeness (QED) is 0.480. The van der Waals surface area contributed by atoms with Crippen LogP contribution in [0.4, 0.5) is 0 Å². The Kier molecular flexibility index (Phi) is 3.91. The van der Waals surface area contributed by atoms with Crippen LogP contribution < -0.4 is 5.46 Å². The zero-order valence-electron chi connectivity index (χ0n) is 8.08. The molecule has 2 heterocycles. The molecule has 2 N–H and O–H groups in total. The second-order valence-electron chi connectivity index (χ2n) is 3.09. The van der Waals surface area contributed by atoms with Crippen molar-refractivity contribution in [2.45, 2.75) is 0 Å². The van der Waals surface area contributed by atoms with Crippen molar-refractivity contribution in [2.75, 3.05) is 0 Å². The molecule has 0 radical (unpaired) electrons. The SMILES string of the molecule is OB(O)c1cnccc1-c1cnn(PI)c1. The van der Waals surface area contributed by atoms with Crippen LogP contribution in [-0.2, 0) is 0 Å². The van der Waals surface area contributed by atoms with Gasteiger partial charge in [-0.15, -0.1) is 0 Å². The Hall–Kier alpha value is -0.495. The van der Waals surface area contributed by atoms with Crippen molar-refractivity contribution in [1.29, 1.82) is 0 Å². The van der Waals surface area contributed by atoms with Crippen molar-refractivity contribution < 1.29 is 10.0 Å². The van der Waals surface area contributed by atoms with Gasteiger partial charge in [-0.2, -0.15) is 5.10 Å². The van der Waals surface area contributed by atoms with Crippen LogP contribution in [0.15, 0.2) is 30.9 Å². The van der Waals surface area contributed by atoms with Crippen molar-refractivity contribution in [1.82, 2.24) is 14.5 Å². The molecule has 0 aliphatic carbocycles. The van der Waals surface area contributed by atoms with Crippen LogP contribution in [0.1, 0.15) is 0 Å². The average molecular weight is 347 g/mol. The number of hydrogen-bond acceptors (Lipinski definition) is 4. The molecule has 16 heavy (non-hydrogen) atoms. The van der Waals surface area contributed by atoms with E-state index in [0.29, 0.717) is 11.8 Å². The summed E-state index contributed by atoms with van der Waals surface area (Å²) in [6.45, 7) is 0. The van der Waals surface area contributed by atoms with E-state index in [-0.39, 0.29) is 0 Å². The number of aromatic nitrogens is 3. The predicted octanol–water partition coefficient (Wildman–Crippen LogP) is 0.416. The van der Waals surface area contributed by atoms with E-state index in [0.717, 1.165) is 11.1 Å². The summed E-state index contributed by atoms with van der Waals surface area (Å²) in [7, 11) is -1.52. The van der Waals surface area contributed by atoms with Gasteiger partial charge in [-0.25, -0.2) is 4.45 Å². The predicted molar refractivity (Wildman–Crippen MR) is 73.0 cm³/mol. The van der Waals surface area contributed by atoms with Gasteiger partial charge in [0.15, 0.2) is 0 Å². The highest BCUT2D eigenvalue weighted by Gasteiger charge is 2.17. The Labute approximate surface area is 107 Å². The molecule has 0 spiro atoms. The number of pyridine rings is 1. The van der Waals surface area contributed by atoms with E-state index in [1.807, 2.05) is 6.20 Å². The Morgan fingerprint density at radius 2 is 2.19 bits per heavy atom. The first kappa shape index (κ1) is 12.0. The minimum atomic E-state index is -1.52. The van der Waals surface area contributed by atoms with Crippen LogP contribution in [0.5, 0.6) is 0 Å². The minimum Gasteiger partial charge on any atom is -0.423 e. The van der Waals surface area contributed by atoms with E-state index >= 15 is 0 Å². The molecule has 2 rings (SSSR count). The third-order valence-corrected chi connectivity index (χ3v) is 4.01. The fourth-order valence-electron chi connectivity index (χ4n) is 1.38. The summed E-state index contributed by atoms with van der Waals surface area (Å²) in [5.41, 5.74) is 1.99. The zero-order chi connectivity index (χ0) is 11.5. The van der Waals surface area contributed by atoms with Gasteiger partial charge in [0.2, 0.25) is 0 Å². The van der Waals surface area contributed by atoms with Crippen molar-refractivity contribution >= 4 is 41.0 Å². The van der Waals surface area contributed by atoms with Gasteiger partial charge < -0.3 is 10.0 Å². The van der Waals surface area contributed by atoms with Crippen LogP contribution in [0.3, 0.4) is 0 Å². The van der Waals surface area contributed by atoms with Gasteiger partial charge in [-0.1, -0.05) is 0 Å². The number of rotatable bonds is 3. The average Bonchev–Trinajstić information content (AvgIpc) is 2.77. The van der Waals surface area contributed by atoms with Gasteiger partial charge in [0.25, 0.3) is 0 Å². The normalized spacial score (nSPS) is 11.2. The van der Waals surface area contributed by atoms with Gasteiger partial charge in [0, 0.05) is 29.6 Å². The third-order valence-electron chi connectivity index (χ3n) is 2.11. The first-order chi connectivity index (χ1) is 7.72. The lowest BCUT2D eigenvalue weighted by molar-refractivity contribution is 0.426. The number of halogens is 1. The van der Waals surface area contributed by atoms with Gasteiger partial charge in [0.05, 0.1) is 12.6 Å². The van der Waals surface area contributed by atoms with E-state index in [4.69, 9.17) is 0 Å². The number of hydrogen-bond donors (Lipinski definition) is 2. The molecular formula is C8H8BIN3O2P. The number of nitrogens with zero attached hydrogens (tertiary/aromatic N) is 3. The van der Waals surface area contributed by atoms with Gasteiger partial charge >= 0.3 is 7.12 Å². The summed E-state index contributed by atoms with van der Waals surface area (Å²) < 4.78 is 1.80. The molecule has 2 aromatic rings. The summed E-state index contributed by atoms with van der Waals surface area (Å²) in [6.07, 6.45) is 7.15. The molecule has 0 amide bonds. The van der Waals surface area contributed by atoms with Gasteiger partial charge in [-0.3, -0.25) is 4.98 Å². The van der Waals surface area contributed by atoms with E-state index in [1.54, 1.807) is 22.9 Å². The molecular weight excluding hydrogens is 339 g/mol. The molecule has 8 heteroatoms. The summed E-state index contributed by atoms with van der Waals surface area (Å²) >= 11 is 2.23. The monoisotopic (exact) mass is 347 g/mol. The Morgan fingerprint density at radius 1 is 1.38 bits per heavy atom. The Bertz CT molecular complexity index is 494. The van der Waals surface area contributed by atoms with Crippen molar-refractivity contribution in [3.05, 3.63) is 30.9 Å². The summed E-state index contributed by atoms with van der Waals surface area (Å²) in [5, 5.41) is 22.6. The molecule has 0 saturated heterocycles. The highest BCUT2D eigenvalue weighted by atomic mass is 127. The molecule has 1 atom stereocenters. The first-order valence-corrected chi connectivity index (χ1v) is 8.50. The maximum atomic E-state index is 9.22. The molecule has 0 bridgehead atoms. The van der Waals surface area contributed by atoms with E-state index < -0.39 is 7.12 Å². The molecule has 0 aliphatic heterocycles. The lowest BCUT2D eigenvalue weighted by Crippen LogP contribution is -2.31. The maximum Gasteiger partial charge on any atom is 0.490 e. The fourth-order valence-corrected chi connectivity index (χ4v) is 2.46. The van der Waals surface area contributed by atoms with E-state index in [2.05, 4.69) is 32.1 Å². The van der Waals surface area contributed by atoms with Crippen LogP contribution in [0.2, 0.25) is 0 Å². The first-order valence-electron chi connectivity index (χ1n) is 4.44. The maximum absolute atomic E-state index is 9.22. The molecule has 0 saturated carbocycles. The van der Waals surface area contributed by atoms with E-state index in [9.17, 15) is 10.0 Å². The summed E-state index contributed by atoms with van der Waals surface area (Å²) in [6, 6.07) is 1.74. The van der Waals surface area contributed by atoms with Crippen LogP contribution in [0.25, 0.3) is 11.1 Å². The van der Waals surface area contributed by atoms with Crippen LogP contribution >= 0.6 is 28.4 Å². The molecule has 2 aromatic heterocycles. The third kappa shape index (κ3) is 2.43. The van der Waals surface area contributed by atoms with Crippen LogP contribution in [-0.4, -0.2) is 31.7 Å². The zero-order valence-corrected chi connectivity index (χ0v) is 11.2. The second-order valence-corrected chi connectivity index (χ2v) is 5.17. The Balaban J connectivity index is 2.46. The van der Waals surface area contributed by atoms with E-state index in [1.165, 1.54) is 6.20 Å². The van der Waals surface area contributed by atoms with Crippen LogP contribution in [0, 0.1) is 0 Å². The van der Waals surface area contributed by atoms with Gasteiger partial charge in [0.1, 0.15) is 0 Å². The lowest BCUT2D eigenvalue weighted by atomic mass is 9.77. The molecule has 0 aromatic carbocycles. The highest BCUT2D eigenvalue weighted by Crippen LogP contribution is 2.25. The fraction of sp³-hybridized carbons (Fsp3) is 0. The summed E-state index contributed by atoms with van der Waals surface area (Å²) in [5.74, 6) is 0. The molecule has 1 unspecified atom stereocenters. The van der Waals surface area contributed by atoms with Crippen molar-refractivity contribution in [3.8, 4) is 11.1 Å². The lowest BCUT2D eigenvalue weighted by Gasteiger charge is -2.05. The molecule has 5 nitrogen and oxygen atoms in total. The minimum absolute atomic E-state index is 0.388. The topological polar surface area (TPSA) is 71.2 Å². The van der Waals surface area contributed by atoms with Gasteiger partial charge in [-0.05, 0) is 33.7 Å². The largest absolute Gasteiger partial charge is 0.490 e. The highest BCUT2D eigenvalue weighted by molar-refractivity contribution is 14.2. The smallest absolute Gasteiger partial charge is 0.423 e. The standard InChI is InChI=1S/C8H8BIN3O2P/c10-16-13-5-6(3-12-13)7-1-2-11-4-8(7)9(14)15/h1-5,14-16H. The summed E-state index contributed by atoms with van der Waals surface area (Å²) in [4.78, 5) is 3.87. The molecule has 0 fully saturated rings. The molecule has 82 valence electrons. The molecule has 0 aliphatic rings.